The SMILES string of the molecule is O=C(O)CC1CCCN1C(=O)CN1CCNCC1. The van der Waals surface area contributed by atoms with Gasteiger partial charge in [-0.05, 0) is 12.8 Å². The van der Waals surface area contributed by atoms with Gasteiger partial charge in [-0.15, -0.1) is 0 Å². The second kappa shape index (κ2) is 6.15. The van der Waals surface area contributed by atoms with E-state index in [1.165, 1.54) is 0 Å². The Labute approximate surface area is 107 Å². The lowest BCUT2D eigenvalue weighted by Gasteiger charge is -2.30. The molecule has 1 atom stereocenters. The zero-order valence-electron chi connectivity index (χ0n) is 10.6. The summed E-state index contributed by atoms with van der Waals surface area (Å²) >= 11 is 0. The lowest BCUT2D eigenvalue weighted by atomic mass is 10.1. The maximum Gasteiger partial charge on any atom is 0.305 e. The monoisotopic (exact) mass is 255 g/mol. The molecule has 2 N–H and O–H groups in total. The number of carbonyl (C=O) groups excluding carboxylic acids is 1. The van der Waals surface area contributed by atoms with E-state index in [0.29, 0.717) is 13.1 Å². The second-order valence-electron chi connectivity index (χ2n) is 5.01. The van der Waals surface area contributed by atoms with Gasteiger partial charge >= 0.3 is 5.97 Å². The molecule has 0 spiro atoms. The van der Waals surface area contributed by atoms with Gasteiger partial charge in [-0.2, -0.15) is 0 Å². The third kappa shape index (κ3) is 3.43. The van der Waals surface area contributed by atoms with Gasteiger partial charge < -0.3 is 15.3 Å². The molecule has 0 saturated carbocycles. The van der Waals surface area contributed by atoms with Crippen molar-refractivity contribution in [3.05, 3.63) is 0 Å². The molecule has 102 valence electrons. The fourth-order valence-electron chi connectivity index (χ4n) is 2.73. The molecule has 0 aromatic heterocycles. The first-order valence-electron chi connectivity index (χ1n) is 6.61. The molecule has 0 aliphatic carbocycles. The highest BCUT2D eigenvalue weighted by molar-refractivity contribution is 5.79. The van der Waals surface area contributed by atoms with Crippen LogP contribution in [0.15, 0.2) is 0 Å². The lowest BCUT2D eigenvalue weighted by molar-refractivity contribution is -0.140. The number of carboxylic acid groups (broad SMARTS) is 1. The minimum atomic E-state index is -0.818. The van der Waals surface area contributed by atoms with Crippen molar-refractivity contribution in [2.75, 3.05) is 39.3 Å². The number of hydrogen-bond donors (Lipinski definition) is 2. The highest BCUT2D eigenvalue weighted by Gasteiger charge is 2.31. The van der Waals surface area contributed by atoms with Crippen molar-refractivity contribution in [3.8, 4) is 0 Å². The summed E-state index contributed by atoms with van der Waals surface area (Å²) in [6, 6.07) is -0.0992. The highest BCUT2D eigenvalue weighted by atomic mass is 16.4. The number of nitrogens with one attached hydrogen (secondary N) is 1. The highest BCUT2D eigenvalue weighted by Crippen LogP contribution is 2.20. The zero-order chi connectivity index (χ0) is 13.0. The molecule has 6 nitrogen and oxygen atoms in total. The second-order valence-corrected chi connectivity index (χ2v) is 5.01. The van der Waals surface area contributed by atoms with Crippen LogP contribution in [0.4, 0.5) is 0 Å². The predicted molar refractivity (Wildman–Crippen MR) is 66.3 cm³/mol. The van der Waals surface area contributed by atoms with E-state index in [1.54, 1.807) is 4.90 Å². The van der Waals surface area contributed by atoms with Gasteiger partial charge in [0.05, 0.1) is 13.0 Å². The molecule has 2 aliphatic rings. The number of piperazine rings is 1. The first-order chi connectivity index (χ1) is 8.66. The molecule has 0 aromatic rings. The van der Waals surface area contributed by atoms with Crippen molar-refractivity contribution in [2.45, 2.75) is 25.3 Å². The van der Waals surface area contributed by atoms with Crippen molar-refractivity contribution < 1.29 is 14.7 Å². The van der Waals surface area contributed by atoms with Crippen LogP contribution < -0.4 is 5.32 Å². The molecule has 0 radical (unpaired) electrons. The van der Waals surface area contributed by atoms with Gasteiger partial charge in [-0.25, -0.2) is 0 Å². The molecular weight excluding hydrogens is 234 g/mol. The van der Waals surface area contributed by atoms with E-state index in [0.717, 1.165) is 39.0 Å². The van der Waals surface area contributed by atoms with Crippen LogP contribution in [-0.4, -0.2) is 72.1 Å². The maximum absolute atomic E-state index is 12.2. The van der Waals surface area contributed by atoms with E-state index in [4.69, 9.17) is 5.11 Å². The Balaban J connectivity index is 1.84. The van der Waals surface area contributed by atoms with Crippen LogP contribution in [0.2, 0.25) is 0 Å². The minimum absolute atomic E-state index is 0.0767. The third-order valence-electron chi connectivity index (χ3n) is 3.68. The Hall–Kier alpha value is -1.14. The summed E-state index contributed by atoms with van der Waals surface area (Å²) in [7, 11) is 0. The average Bonchev–Trinajstić information content (AvgIpc) is 2.77. The number of carboxylic acids is 1. The first-order valence-corrected chi connectivity index (χ1v) is 6.61. The molecule has 1 amide bonds. The van der Waals surface area contributed by atoms with E-state index in [2.05, 4.69) is 10.2 Å². The van der Waals surface area contributed by atoms with E-state index in [1.807, 2.05) is 0 Å². The molecule has 1 unspecified atom stereocenters. The molecule has 2 heterocycles. The van der Waals surface area contributed by atoms with Gasteiger partial charge in [0, 0.05) is 38.8 Å². The Morgan fingerprint density at radius 3 is 2.61 bits per heavy atom. The van der Waals surface area contributed by atoms with Crippen molar-refractivity contribution in [1.82, 2.24) is 15.1 Å². The summed E-state index contributed by atoms with van der Waals surface area (Å²) < 4.78 is 0. The lowest BCUT2D eigenvalue weighted by Crippen LogP contribution is -2.49. The fraction of sp³-hybridized carbons (Fsp3) is 0.833. The zero-order valence-corrected chi connectivity index (χ0v) is 10.6. The Morgan fingerprint density at radius 1 is 1.22 bits per heavy atom. The van der Waals surface area contributed by atoms with E-state index in [-0.39, 0.29) is 18.4 Å². The summed E-state index contributed by atoms with van der Waals surface area (Å²) in [5.41, 5.74) is 0. The molecule has 2 rings (SSSR count). The summed E-state index contributed by atoms with van der Waals surface area (Å²) in [6.07, 6.45) is 1.82. The number of amides is 1. The van der Waals surface area contributed by atoms with Crippen molar-refractivity contribution in [1.29, 1.82) is 0 Å². The van der Waals surface area contributed by atoms with E-state index in [9.17, 15) is 9.59 Å². The molecular formula is C12H21N3O3. The molecule has 2 fully saturated rings. The largest absolute Gasteiger partial charge is 0.481 e. The summed E-state index contributed by atoms with van der Waals surface area (Å²) in [5.74, 6) is -0.734. The van der Waals surface area contributed by atoms with Crippen molar-refractivity contribution in [3.63, 3.8) is 0 Å². The molecule has 0 bridgehead atoms. The Morgan fingerprint density at radius 2 is 1.94 bits per heavy atom. The fourth-order valence-corrected chi connectivity index (χ4v) is 2.73. The molecule has 2 aliphatic heterocycles. The number of aliphatic carboxylic acids is 1. The van der Waals surface area contributed by atoms with Gasteiger partial charge in [-0.1, -0.05) is 0 Å². The van der Waals surface area contributed by atoms with Crippen LogP contribution in [0.25, 0.3) is 0 Å². The number of rotatable bonds is 4. The summed E-state index contributed by atoms with van der Waals surface area (Å²) in [6.45, 7) is 4.77. The third-order valence-corrected chi connectivity index (χ3v) is 3.68. The quantitative estimate of drug-likeness (QED) is 0.699. The minimum Gasteiger partial charge on any atom is -0.481 e. The number of likely N-dealkylation sites (tertiary alicyclic amines) is 1. The smallest absolute Gasteiger partial charge is 0.305 e. The van der Waals surface area contributed by atoms with Gasteiger partial charge in [-0.3, -0.25) is 14.5 Å². The van der Waals surface area contributed by atoms with E-state index < -0.39 is 5.97 Å². The summed E-state index contributed by atoms with van der Waals surface area (Å²) in [5, 5.41) is 12.1. The molecule has 2 saturated heterocycles. The van der Waals surface area contributed by atoms with Crippen LogP contribution >= 0.6 is 0 Å². The van der Waals surface area contributed by atoms with Crippen LogP contribution in [-0.2, 0) is 9.59 Å². The van der Waals surface area contributed by atoms with Gasteiger partial charge in [0.25, 0.3) is 0 Å². The van der Waals surface area contributed by atoms with Gasteiger partial charge in [0.2, 0.25) is 5.91 Å². The van der Waals surface area contributed by atoms with Crippen LogP contribution in [0.5, 0.6) is 0 Å². The number of hydrogen-bond acceptors (Lipinski definition) is 4. The van der Waals surface area contributed by atoms with Gasteiger partial charge in [0.1, 0.15) is 0 Å². The maximum atomic E-state index is 12.2. The topological polar surface area (TPSA) is 72.9 Å². The number of nitrogens with zero attached hydrogens (tertiary/aromatic N) is 2. The molecule has 0 aromatic carbocycles. The predicted octanol–water partition coefficient (Wildman–Crippen LogP) is -0.643. The van der Waals surface area contributed by atoms with Crippen LogP contribution in [0, 0.1) is 0 Å². The Bertz CT molecular complexity index is 316. The molecule has 18 heavy (non-hydrogen) atoms. The molecule has 6 heteroatoms. The normalized spacial score (nSPS) is 25.3. The van der Waals surface area contributed by atoms with Crippen molar-refractivity contribution >= 4 is 11.9 Å². The average molecular weight is 255 g/mol. The van der Waals surface area contributed by atoms with Crippen molar-refractivity contribution in [2.24, 2.45) is 0 Å². The number of carbonyl (C=O) groups is 2. The summed E-state index contributed by atoms with van der Waals surface area (Å²) in [4.78, 5) is 26.8. The van der Waals surface area contributed by atoms with Crippen LogP contribution in [0.3, 0.4) is 0 Å². The van der Waals surface area contributed by atoms with E-state index >= 15 is 0 Å². The standard InChI is InChI=1S/C12H21N3O3/c16-11(9-14-6-3-13-4-7-14)15-5-1-2-10(15)8-12(17)18/h10,13H,1-9H2,(H,17,18). The van der Waals surface area contributed by atoms with Gasteiger partial charge in [0.15, 0.2) is 0 Å². The Kier molecular flexibility index (Phi) is 4.54. The first kappa shape index (κ1) is 13.3. The van der Waals surface area contributed by atoms with Crippen LogP contribution in [0.1, 0.15) is 19.3 Å².